The van der Waals surface area contributed by atoms with E-state index in [0.29, 0.717) is 21.8 Å². The van der Waals surface area contributed by atoms with Crippen molar-refractivity contribution < 1.29 is 13.6 Å². The summed E-state index contributed by atoms with van der Waals surface area (Å²) < 4.78 is 27.8. The van der Waals surface area contributed by atoms with Gasteiger partial charge in [-0.05, 0) is 23.1 Å². The second-order valence-electron chi connectivity index (χ2n) is 7.19. The van der Waals surface area contributed by atoms with Gasteiger partial charge in [0, 0.05) is 18.4 Å². The molecule has 3 aromatic rings. The van der Waals surface area contributed by atoms with Gasteiger partial charge < -0.3 is 5.32 Å². The van der Waals surface area contributed by atoms with Crippen LogP contribution in [0.25, 0.3) is 11.4 Å². The number of alkyl halides is 2. The first-order valence-corrected chi connectivity index (χ1v) is 10.1. The predicted octanol–water partition coefficient (Wildman–Crippen LogP) is 3.36. The van der Waals surface area contributed by atoms with Crippen molar-refractivity contribution in [1.29, 1.82) is 5.26 Å². The molecule has 1 fully saturated rings. The van der Waals surface area contributed by atoms with Crippen LogP contribution < -0.4 is 5.32 Å². The maximum atomic E-state index is 13.9. The van der Waals surface area contributed by atoms with E-state index >= 15 is 0 Å². The molecule has 1 N–H and O–H groups in total. The van der Waals surface area contributed by atoms with Crippen molar-refractivity contribution in [1.82, 2.24) is 25.2 Å². The molecule has 2 heterocycles. The van der Waals surface area contributed by atoms with Gasteiger partial charge in [0.15, 0.2) is 5.13 Å². The van der Waals surface area contributed by atoms with Gasteiger partial charge in [0.1, 0.15) is 10.9 Å². The highest BCUT2D eigenvalue weighted by molar-refractivity contribution is 7.16. The van der Waals surface area contributed by atoms with E-state index in [0.717, 1.165) is 11.3 Å². The van der Waals surface area contributed by atoms with Crippen LogP contribution in [0.1, 0.15) is 35.6 Å². The standard InChI is InChI=1S/C19H17F2N7OS/c1-28-26-16(25-27-28)12-4-2-11(3-5-12)15(13-6-7-19(20,21)8-13)17(29)24-18-23-10-14(9-22)30-18/h2-5,10,13,15H,6-8H2,1H3,(H,23,24,29). The molecule has 2 atom stereocenters. The van der Waals surface area contributed by atoms with Crippen LogP contribution in [0, 0.1) is 17.2 Å². The molecule has 0 aliphatic heterocycles. The maximum Gasteiger partial charge on any atom is 0.248 e. The van der Waals surface area contributed by atoms with Gasteiger partial charge in [0.05, 0.1) is 19.2 Å². The third-order valence-corrected chi connectivity index (χ3v) is 5.90. The number of benzene rings is 1. The number of nitrogens with zero attached hydrogens (tertiary/aromatic N) is 6. The lowest BCUT2D eigenvalue weighted by molar-refractivity contribution is -0.118. The number of thiazole rings is 1. The minimum absolute atomic E-state index is 0.237. The first kappa shape index (κ1) is 20.0. The lowest BCUT2D eigenvalue weighted by atomic mass is 9.83. The Kier molecular flexibility index (Phi) is 5.26. The zero-order chi connectivity index (χ0) is 21.3. The molecule has 154 valence electrons. The fraction of sp³-hybridized carbons (Fsp3) is 0.368. The minimum atomic E-state index is -2.78. The number of aromatic nitrogens is 5. The van der Waals surface area contributed by atoms with Crippen LogP contribution in [-0.2, 0) is 11.8 Å². The number of halogens is 2. The Labute approximate surface area is 174 Å². The summed E-state index contributed by atoms with van der Waals surface area (Å²) >= 11 is 1.04. The van der Waals surface area contributed by atoms with E-state index in [1.807, 2.05) is 6.07 Å². The second-order valence-corrected chi connectivity index (χ2v) is 8.22. The molecule has 4 rings (SSSR count). The number of hydrogen-bond acceptors (Lipinski definition) is 7. The Morgan fingerprint density at radius 3 is 2.73 bits per heavy atom. The monoisotopic (exact) mass is 429 g/mol. The summed E-state index contributed by atoms with van der Waals surface area (Å²) in [7, 11) is 1.65. The van der Waals surface area contributed by atoms with E-state index in [1.54, 1.807) is 31.3 Å². The average Bonchev–Trinajstić information content (AvgIpc) is 3.43. The van der Waals surface area contributed by atoms with Crippen molar-refractivity contribution >= 4 is 22.4 Å². The third kappa shape index (κ3) is 4.18. The molecule has 1 saturated carbocycles. The Bertz CT molecular complexity index is 1100. The molecule has 30 heavy (non-hydrogen) atoms. The van der Waals surface area contributed by atoms with Crippen molar-refractivity contribution in [3.05, 3.63) is 40.9 Å². The summed E-state index contributed by atoms with van der Waals surface area (Å²) in [5.41, 5.74) is 1.33. The Morgan fingerprint density at radius 2 is 2.17 bits per heavy atom. The molecule has 1 aromatic carbocycles. The quantitative estimate of drug-likeness (QED) is 0.666. The average molecular weight is 429 g/mol. The highest BCUT2D eigenvalue weighted by Gasteiger charge is 2.45. The molecule has 2 aromatic heterocycles. The van der Waals surface area contributed by atoms with Crippen molar-refractivity contribution in [3.63, 3.8) is 0 Å². The number of tetrazole rings is 1. The van der Waals surface area contributed by atoms with Crippen molar-refractivity contribution in [2.24, 2.45) is 13.0 Å². The smallest absolute Gasteiger partial charge is 0.248 e. The predicted molar refractivity (Wildman–Crippen MR) is 105 cm³/mol. The summed E-state index contributed by atoms with van der Waals surface area (Å²) in [4.78, 5) is 18.8. The molecular formula is C19H17F2N7OS. The van der Waals surface area contributed by atoms with Gasteiger partial charge in [0.25, 0.3) is 0 Å². The lowest BCUT2D eigenvalue weighted by Gasteiger charge is -2.23. The number of anilines is 1. The fourth-order valence-corrected chi connectivity index (χ4v) is 4.33. The Hall–Kier alpha value is -3.26. The number of amides is 1. The minimum Gasteiger partial charge on any atom is -0.301 e. The topological polar surface area (TPSA) is 109 Å². The van der Waals surface area contributed by atoms with Crippen LogP contribution in [0.2, 0.25) is 0 Å². The van der Waals surface area contributed by atoms with Gasteiger partial charge >= 0.3 is 0 Å². The molecule has 1 aliphatic carbocycles. The first-order valence-electron chi connectivity index (χ1n) is 9.23. The number of aryl methyl sites for hydroxylation is 1. The van der Waals surface area contributed by atoms with Gasteiger partial charge in [-0.25, -0.2) is 13.8 Å². The maximum absolute atomic E-state index is 13.9. The number of nitrogens with one attached hydrogen (secondary N) is 1. The Balaban J connectivity index is 1.61. The van der Waals surface area contributed by atoms with Crippen LogP contribution in [0.5, 0.6) is 0 Å². The molecule has 11 heteroatoms. The number of nitriles is 1. The van der Waals surface area contributed by atoms with Gasteiger partial charge in [-0.2, -0.15) is 10.1 Å². The van der Waals surface area contributed by atoms with E-state index in [2.05, 4.69) is 25.7 Å². The number of carbonyl (C=O) groups is 1. The summed E-state index contributed by atoms with van der Waals surface area (Å²) in [6.45, 7) is 0. The Morgan fingerprint density at radius 1 is 1.40 bits per heavy atom. The van der Waals surface area contributed by atoms with E-state index in [9.17, 15) is 13.6 Å². The van der Waals surface area contributed by atoms with Crippen molar-refractivity contribution in [2.75, 3.05) is 5.32 Å². The summed E-state index contributed by atoms with van der Waals surface area (Å²) in [5.74, 6) is -4.03. The lowest BCUT2D eigenvalue weighted by Crippen LogP contribution is -2.27. The van der Waals surface area contributed by atoms with Crippen molar-refractivity contribution in [3.8, 4) is 17.5 Å². The first-order chi connectivity index (χ1) is 14.3. The SMILES string of the molecule is Cn1nnc(-c2ccc(C(C(=O)Nc3ncc(C#N)s3)C3CCC(F)(F)C3)cc2)n1. The number of rotatable bonds is 5. The molecule has 1 amide bonds. The molecule has 0 spiro atoms. The van der Waals surface area contributed by atoms with Gasteiger partial charge in [0.2, 0.25) is 17.7 Å². The third-order valence-electron chi connectivity index (χ3n) is 5.08. The normalized spacial score (nSPS) is 18.7. The van der Waals surface area contributed by atoms with Crippen LogP contribution in [0.15, 0.2) is 30.5 Å². The van der Waals surface area contributed by atoms with Gasteiger partial charge in [-0.1, -0.05) is 35.6 Å². The van der Waals surface area contributed by atoms with Crippen LogP contribution in [0.4, 0.5) is 13.9 Å². The van der Waals surface area contributed by atoms with E-state index in [-0.39, 0.29) is 24.4 Å². The summed E-state index contributed by atoms with van der Waals surface area (Å²) in [6, 6.07) is 8.91. The second kappa shape index (κ2) is 7.87. The fourth-order valence-electron chi connectivity index (χ4n) is 3.71. The molecular weight excluding hydrogens is 412 g/mol. The summed E-state index contributed by atoms with van der Waals surface area (Å²) in [5, 5.41) is 23.8. The van der Waals surface area contributed by atoms with Crippen molar-refractivity contribution in [2.45, 2.75) is 31.1 Å². The molecule has 0 radical (unpaired) electrons. The zero-order valence-electron chi connectivity index (χ0n) is 15.9. The highest BCUT2D eigenvalue weighted by Crippen LogP contribution is 2.46. The molecule has 0 saturated heterocycles. The highest BCUT2D eigenvalue weighted by atomic mass is 32.1. The summed E-state index contributed by atoms with van der Waals surface area (Å²) in [6.07, 6.45) is 1.03. The largest absolute Gasteiger partial charge is 0.301 e. The number of hydrogen-bond donors (Lipinski definition) is 1. The zero-order valence-corrected chi connectivity index (χ0v) is 16.7. The van der Waals surface area contributed by atoms with Crippen LogP contribution in [-0.4, -0.2) is 37.0 Å². The molecule has 2 unspecified atom stereocenters. The number of carbonyl (C=O) groups excluding carboxylic acids is 1. The van der Waals surface area contributed by atoms with Crippen LogP contribution in [0.3, 0.4) is 0 Å². The van der Waals surface area contributed by atoms with E-state index in [4.69, 9.17) is 5.26 Å². The van der Waals surface area contributed by atoms with E-state index in [1.165, 1.54) is 11.0 Å². The molecule has 0 bridgehead atoms. The molecule has 1 aliphatic rings. The molecule has 8 nitrogen and oxygen atoms in total. The van der Waals surface area contributed by atoms with Gasteiger partial charge in [-0.3, -0.25) is 4.79 Å². The van der Waals surface area contributed by atoms with E-state index < -0.39 is 23.7 Å². The van der Waals surface area contributed by atoms with Gasteiger partial charge in [-0.15, -0.1) is 10.2 Å². The van der Waals surface area contributed by atoms with Crippen LogP contribution >= 0.6 is 11.3 Å².